The second kappa shape index (κ2) is 7.39. The topological polar surface area (TPSA) is 32.5 Å². The summed E-state index contributed by atoms with van der Waals surface area (Å²) in [6.07, 6.45) is 5.49. The molecule has 3 nitrogen and oxygen atoms in total. The molecule has 1 heterocycles. The van der Waals surface area contributed by atoms with Crippen molar-refractivity contribution in [3.8, 4) is 0 Å². The molecule has 2 fully saturated rings. The summed E-state index contributed by atoms with van der Waals surface area (Å²) in [7, 11) is 0. The highest BCUT2D eigenvalue weighted by molar-refractivity contribution is 5.14. The summed E-state index contributed by atoms with van der Waals surface area (Å²) in [4.78, 5) is 5.26. The lowest BCUT2D eigenvalue weighted by Gasteiger charge is -2.35. The van der Waals surface area contributed by atoms with Gasteiger partial charge in [-0.05, 0) is 50.3 Å². The average molecular weight is 287 g/mol. The van der Waals surface area contributed by atoms with Crippen LogP contribution in [0.5, 0.6) is 0 Å². The van der Waals surface area contributed by atoms with Crippen molar-refractivity contribution in [1.29, 1.82) is 0 Å². The minimum absolute atomic E-state index is 0.809. The van der Waals surface area contributed by atoms with Gasteiger partial charge in [-0.15, -0.1) is 0 Å². The molecule has 1 saturated heterocycles. The zero-order valence-electron chi connectivity index (χ0n) is 13.1. The summed E-state index contributed by atoms with van der Waals surface area (Å²) < 4.78 is 0. The maximum absolute atomic E-state index is 5.76. The first kappa shape index (κ1) is 15.0. The molecule has 1 aromatic carbocycles. The predicted molar refractivity (Wildman–Crippen MR) is 88.1 cm³/mol. The van der Waals surface area contributed by atoms with Gasteiger partial charge in [-0.2, -0.15) is 0 Å². The maximum atomic E-state index is 5.76. The van der Waals surface area contributed by atoms with Gasteiger partial charge >= 0.3 is 0 Å². The third kappa shape index (κ3) is 4.53. The molecule has 2 aliphatic rings. The summed E-state index contributed by atoms with van der Waals surface area (Å²) in [6.45, 7) is 6.80. The molecule has 0 amide bonds. The van der Waals surface area contributed by atoms with Crippen LogP contribution in [-0.2, 0) is 6.54 Å². The van der Waals surface area contributed by atoms with Crippen LogP contribution in [0.2, 0.25) is 0 Å². The second-order valence-electron chi connectivity index (χ2n) is 6.72. The number of hydrogen-bond acceptors (Lipinski definition) is 3. The normalized spacial score (nSPS) is 21.0. The molecular weight excluding hydrogens is 258 g/mol. The lowest BCUT2D eigenvalue weighted by Crippen LogP contribution is -2.40. The first-order valence-corrected chi connectivity index (χ1v) is 8.55. The number of hydrogen-bond donors (Lipinski definition) is 1. The van der Waals surface area contributed by atoms with Gasteiger partial charge in [0.25, 0.3) is 0 Å². The Balaban J connectivity index is 1.42. The van der Waals surface area contributed by atoms with E-state index >= 15 is 0 Å². The van der Waals surface area contributed by atoms with Crippen LogP contribution >= 0.6 is 0 Å². The Morgan fingerprint density at radius 3 is 2.38 bits per heavy atom. The van der Waals surface area contributed by atoms with Gasteiger partial charge in [-0.25, -0.2) is 0 Å². The van der Waals surface area contributed by atoms with Crippen LogP contribution in [0.1, 0.15) is 31.2 Å². The highest BCUT2D eigenvalue weighted by atomic mass is 15.2. The molecule has 0 aromatic heterocycles. The van der Waals surface area contributed by atoms with E-state index in [9.17, 15) is 0 Å². The lowest BCUT2D eigenvalue weighted by molar-refractivity contribution is 0.136. The van der Waals surface area contributed by atoms with Gasteiger partial charge in [0.05, 0.1) is 0 Å². The molecular formula is C18H29N3. The van der Waals surface area contributed by atoms with Crippen LogP contribution in [0.4, 0.5) is 0 Å². The van der Waals surface area contributed by atoms with Crippen molar-refractivity contribution in [1.82, 2.24) is 9.80 Å². The van der Waals surface area contributed by atoms with E-state index < -0.39 is 0 Å². The SMILES string of the molecule is NCCN(CC1CCN(Cc2ccccc2)CC1)C1CC1. The first-order chi connectivity index (χ1) is 10.3. The van der Waals surface area contributed by atoms with Gasteiger partial charge in [-0.1, -0.05) is 30.3 Å². The summed E-state index contributed by atoms with van der Waals surface area (Å²) in [5, 5.41) is 0. The highest BCUT2D eigenvalue weighted by Crippen LogP contribution is 2.29. The van der Waals surface area contributed by atoms with Gasteiger partial charge < -0.3 is 5.73 Å². The summed E-state index contributed by atoms with van der Waals surface area (Å²) in [5.74, 6) is 0.879. The molecule has 3 heteroatoms. The second-order valence-corrected chi connectivity index (χ2v) is 6.72. The molecule has 2 N–H and O–H groups in total. The van der Waals surface area contributed by atoms with Crippen molar-refractivity contribution in [3.63, 3.8) is 0 Å². The third-order valence-corrected chi connectivity index (χ3v) is 4.93. The van der Waals surface area contributed by atoms with E-state index in [0.717, 1.165) is 31.6 Å². The van der Waals surface area contributed by atoms with E-state index in [1.165, 1.54) is 50.9 Å². The Morgan fingerprint density at radius 2 is 1.76 bits per heavy atom. The molecule has 1 aromatic rings. The summed E-state index contributed by atoms with van der Waals surface area (Å²) >= 11 is 0. The summed E-state index contributed by atoms with van der Waals surface area (Å²) in [6, 6.07) is 11.7. The number of likely N-dealkylation sites (tertiary alicyclic amines) is 1. The average Bonchev–Trinajstić information content (AvgIpc) is 3.35. The minimum atomic E-state index is 0.809. The Bertz CT molecular complexity index is 408. The quantitative estimate of drug-likeness (QED) is 0.835. The van der Waals surface area contributed by atoms with Gasteiger partial charge in [-0.3, -0.25) is 9.80 Å². The molecule has 21 heavy (non-hydrogen) atoms. The molecule has 0 radical (unpaired) electrons. The van der Waals surface area contributed by atoms with Crippen LogP contribution in [0.3, 0.4) is 0 Å². The van der Waals surface area contributed by atoms with Crippen molar-refractivity contribution in [2.75, 3.05) is 32.7 Å². The van der Waals surface area contributed by atoms with E-state index in [0.29, 0.717) is 0 Å². The van der Waals surface area contributed by atoms with Gasteiger partial charge in [0.1, 0.15) is 0 Å². The molecule has 116 valence electrons. The predicted octanol–water partition coefficient (Wildman–Crippen LogP) is 2.32. The van der Waals surface area contributed by atoms with Gasteiger partial charge in [0.15, 0.2) is 0 Å². The molecule has 1 saturated carbocycles. The molecule has 0 spiro atoms. The number of nitrogens with two attached hydrogens (primary N) is 1. The Hall–Kier alpha value is -0.900. The monoisotopic (exact) mass is 287 g/mol. The van der Waals surface area contributed by atoms with E-state index in [1.54, 1.807) is 0 Å². The first-order valence-electron chi connectivity index (χ1n) is 8.55. The van der Waals surface area contributed by atoms with Crippen LogP contribution in [0.15, 0.2) is 30.3 Å². The van der Waals surface area contributed by atoms with Crippen molar-refractivity contribution < 1.29 is 0 Å². The molecule has 3 rings (SSSR count). The van der Waals surface area contributed by atoms with Gasteiger partial charge in [0, 0.05) is 32.2 Å². The number of rotatable bonds is 7. The number of nitrogens with zero attached hydrogens (tertiary/aromatic N) is 2. The minimum Gasteiger partial charge on any atom is -0.329 e. The van der Waals surface area contributed by atoms with E-state index in [-0.39, 0.29) is 0 Å². The van der Waals surface area contributed by atoms with Crippen molar-refractivity contribution in [2.24, 2.45) is 11.7 Å². The highest BCUT2D eigenvalue weighted by Gasteiger charge is 2.30. The summed E-state index contributed by atoms with van der Waals surface area (Å²) in [5.41, 5.74) is 7.20. The lowest BCUT2D eigenvalue weighted by atomic mass is 9.95. The molecule has 1 aliphatic carbocycles. The van der Waals surface area contributed by atoms with Crippen molar-refractivity contribution >= 4 is 0 Å². The fourth-order valence-electron chi connectivity index (χ4n) is 3.53. The largest absolute Gasteiger partial charge is 0.329 e. The zero-order chi connectivity index (χ0) is 14.5. The molecule has 1 aliphatic heterocycles. The van der Waals surface area contributed by atoms with Crippen LogP contribution < -0.4 is 5.73 Å². The zero-order valence-corrected chi connectivity index (χ0v) is 13.1. The van der Waals surface area contributed by atoms with Gasteiger partial charge in [0.2, 0.25) is 0 Å². The van der Waals surface area contributed by atoms with Crippen LogP contribution in [0.25, 0.3) is 0 Å². The Kier molecular flexibility index (Phi) is 5.28. The maximum Gasteiger partial charge on any atom is 0.0233 e. The molecule has 0 atom stereocenters. The fourth-order valence-corrected chi connectivity index (χ4v) is 3.53. The third-order valence-electron chi connectivity index (χ3n) is 4.93. The number of piperidine rings is 1. The van der Waals surface area contributed by atoms with Crippen LogP contribution in [-0.4, -0.2) is 48.6 Å². The molecule has 0 bridgehead atoms. The van der Waals surface area contributed by atoms with Crippen LogP contribution in [0, 0.1) is 5.92 Å². The Morgan fingerprint density at radius 1 is 1.05 bits per heavy atom. The number of benzene rings is 1. The van der Waals surface area contributed by atoms with Crippen molar-refractivity contribution in [2.45, 2.75) is 38.3 Å². The van der Waals surface area contributed by atoms with E-state index in [1.807, 2.05) is 0 Å². The fraction of sp³-hybridized carbons (Fsp3) is 0.667. The van der Waals surface area contributed by atoms with Crippen molar-refractivity contribution in [3.05, 3.63) is 35.9 Å². The molecule has 0 unspecified atom stereocenters. The van der Waals surface area contributed by atoms with E-state index in [4.69, 9.17) is 5.73 Å². The van der Waals surface area contributed by atoms with E-state index in [2.05, 4.69) is 40.1 Å². The smallest absolute Gasteiger partial charge is 0.0233 e. The standard InChI is InChI=1S/C18H29N3/c19-10-13-21(18-6-7-18)15-17-8-11-20(12-9-17)14-16-4-2-1-3-5-16/h1-5,17-18H,6-15,19H2. The Labute approximate surface area is 129 Å².